The van der Waals surface area contributed by atoms with Crippen LogP contribution in [0.5, 0.6) is 17.2 Å². The third kappa shape index (κ3) is 3.16. The van der Waals surface area contributed by atoms with Crippen molar-refractivity contribution in [2.45, 2.75) is 19.9 Å². The summed E-state index contributed by atoms with van der Waals surface area (Å²) in [5, 5.41) is 17.8. The van der Waals surface area contributed by atoms with Gasteiger partial charge in [-0.25, -0.2) is 0 Å². The van der Waals surface area contributed by atoms with Crippen molar-refractivity contribution in [1.29, 1.82) is 0 Å². The Bertz CT molecular complexity index is 1050. The van der Waals surface area contributed by atoms with Crippen LogP contribution in [0.2, 0.25) is 0 Å². The number of aromatic nitrogens is 2. The minimum atomic E-state index is -0.382. The molecule has 1 atom stereocenters. The van der Waals surface area contributed by atoms with E-state index in [1.165, 1.54) is 14.2 Å². The Morgan fingerprint density at radius 3 is 2.33 bits per heavy atom. The molecule has 1 amide bonds. The lowest BCUT2D eigenvalue weighted by Crippen LogP contribution is -2.32. The highest BCUT2D eigenvalue weighted by molar-refractivity contribution is 6.00. The van der Waals surface area contributed by atoms with E-state index in [1.807, 2.05) is 35.2 Å². The van der Waals surface area contributed by atoms with Crippen molar-refractivity contribution in [3.63, 3.8) is 0 Å². The maximum absolute atomic E-state index is 13.3. The summed E-state index contributed by atoms with van der Waals surface area (Å²) in [4.78, 5) is 15.1. The second-order valence-electron chi connectivity index (χ2n) is 7.75. The van der Waals surface area contributed by atoms with Crippen LogP contribution in [0.4, 0.5) is 0 Å². The first-order valence-corrected chi connectivity index (χ1v) is 9.85. The maximum Gasteiger partial charge on any atom is 0.273 e. The van der Waals surface area contributed by atoms with Crippen molar-refractivity contribution in [2.24, 2.45) is 5.92 Å². The van der Waals surface area contributed by atoms with Crippen LogP contribution in [0.1, 0.15) is 41.5 Å². The predicted molar refractivity (Wildman–Crippen MR) is 113 cm³/mol. The van der Waals surface area contributed by atoms with Crippen LogP contribution in [0.15, 0.2) is 42.5 Å². The fraction of sp³-hybridized carbons (Fsp3) is 0.304. The molecular weight excluding hydrogens is 382 g/mol. The van der Waals surface area contributed by atoms with E-state index in [0.29, 0.717) is 23.7 Å². The highest BCUT2D eigenvalue weighted by Gasteiger charge is 2.42. The number of fused-ring (bicyclic) bond motifs is 1. The lowest BCUT2D eigenvalue weighted by molar-refractivity contribution is 0.0722. The van der Waals surface area contributed by atoms with Crippen molar-refractivity contribution in [2.75, 3.05) is 20.8 Å². The summed E-state index contributed by atoms with van der Waals surface area (Å²) in [7, 11) is 2.98. The first-order valence-electron chi connectivity index (χ1n) is 9.85. The topological polar surface area (TPSA) is 87.7 Å². The van der Waals surface area contributed by atoms with Gasteiger partial charge in [-0.15, -0.1) is 0 Å². The number of carbonyl (C=O) groups excluding carboxylic acids is 1. The Morgan fingerprint density at radius 2 is 1.77 bits per heavy atom. The standard InChI is InChI=1S/C23H25N3O4/c1-13(2)12-26-21(15-10-16(29-3)22(27)17(11-15)30-4)18-19(14-8-6-5-7-9-14)24-25-20(18)23(26)28/h5-11,13,21,27H,12H2,1-4H3,(H,24,25). The molecule has 2 aromatic carbocycles. The van der Waals surface area contributed by atoms with Gasteiger partial charge >= 0.3 is 0 Å². The van der Waals surface area contributed by atoms with Crippen molar-refractivity contribution in [3.8, 4) is 28.5 Å². The van der Waals surface area contributed by atoms with Crippen molar-refractivity contribution in [1.82, 2.24) is 15.1 Å². The summed E-state index contributed by atoms with van der Waals surface area (Å²) in [5.41, 5.74) is 3.76. The van der Waals surface area contributed by atoms with Crippen LogP contribution in [-0.4, -0.2) is 46.9 Å². The SMILES string of the molecule is COc1cc(C2c3c(-c4ccccc4)n[nH]c3C(=O)N2CC(C)C)cc(OC)c1O. The van der Waals surface area contributed by atoms with Gasteiger partial charge in [-0.3, -0.25) is 9.89 Å². The molecule has 30 heavy (non-hydrogen) atoms. The summed E-state index contributed by atoms with van der Waals surface area (Å²) in [6.07, 6.45) is 0. The number of ether oxygens (including phenoxy) is 2. The number of aromatic amines is 1. The van der Waals surface area contributed by atoms with Crippen molar-refractivity contribution < 1.29 is 19.4 Å². The van der Waals surface area contributed by atoms with E-state index < -0.39 is 0 Å². The van der Waals surface area contributed by atoms with Gasteiger partial charge in [0.1, 0.15) is 5.69 Å². The number of hydrogen-bond acceptors (Lipinski definition) is 5. The molecule has 0 aliphatic carbocycles. The second kappa shape index (κ2) is 7.74. The molecule has 7 nitrogen and oxygen atoms in total. The molecule has 0 radical (unpaired) electrons. The van der Waals surface area contributed by atoms with Crippen molar-refractivity contribution >= 4 is 5.91 Å². The molecule has 0 saturated carbocycles. The van der Waals surface area contributed by atoms with E-state index in [1.54, 1.807) is 12.1 Å². The van der Waals surface area contributed by atoms with Crippen LogP contribution in [0.25, 0.3) is 11.3 Å². The lowest BCUT2D eigenvalue weighted by Gasteiger charge is -2.28. The van der Waals surface area contributed by atoms with E-state index in [4.69, 9.17) is 9.47 Å². The number of carbonyl (C=O) groups is 1. The Labute approximate surface area is 175 Å². The number of methoxy groups -OCH3 is 2. The average molecular weight is 407 g/mol. The smallest absolute Gasteiger partial charge is 0.273 e. The fourth-order valence-corrected chi connectivity index (χ4v) is 4.01. The van der Waals surface area contributed by atoms with Gasteiger partial charge in [0.25, 0.3) is 5.91 Å². The van der Waals surface area contributed by atoms with Gasteiger partial charge in [-0.05, 0) is 23.6 Å². The van der Waals surface area contributed by atoms with E-state index >= 15 is 0 Å². The summed E-state index contributed by atoms with van der Waals surface area (Å²) in [6, 6.07) is 12.9. The number of hydrogen-bond donors (Lipinski definition) is 2. The molecule has 7 heteroatoms. The number of nitrogens with one attached hydrogen (secondary N) is 1. The minimum absolute atomic E-state index is 0.0702. The first-order chi connectivity index (χ1) is 14.5. The van der Waals surface area contributed by atoms with E-state index in [0.717, 1.165) is 22.4 Å². The van der Waals surface area contributed by atoms with Gasteiger partial charge in [0, 0.05) is 17.7 Å². The molecule has 1 aromatic heterocycles. The zero-order valence-corrected chi connectivity index (χ0v) is 17.5. The zero-order chi connectivity index (χ0) is 21.4. The summed E-state index contributed by atoms with van der Waals surface area (Å²) < 4.78 is 10.7. The summed E-state index contributed by atoms with van der Waals surface area (Å²) in [5.74, 6) is 0.692. The Hall–Kier alpha value is -3.48. The number of rotatable bonds is 6. The molecule has 0 saturated heterocycles. The molecule has 3 aromatic rings. The number of aromatic hydroxyl groups is 1. The Balaban J connectivity index is 1.94. The number of phenols is 1. The van der Waals surface area contributed by atoms with Crippen LogP contribution < -0.4 is 9.47 Å². The van der Waals surface area contributed by atoms with Crippen LogP contribution in [0, 0.1) is 5.92 Å². The molecule has 1 aliphatic heterocycles. The van der Waals surface area contributed by atoms with E-state index in [9.17, 15) is 9.90 Å². The van der Waals surface area contributed by atoms with Gasteiger partial charge in [0.05, 0.1) is 26.0 Å². The minimum Gasteiger partial charge on any atom is -0.502 e. The third-order valence-electron chi connectivity index (χ3n) is 5.29. The molecule has 4 rings (SSSR count). The van der Waals surface area contributed by atoms with Gasteiger partial charge < -0.3 is 19.5 Å². The second-order valence-corrected chi connectivity index (χ2v) is 7.75. The lowest BCUT2D eigenvalue weighted by atomic mass is 9.95. The normalized spacial score (nSPS) is 15.6. The third-order valence-corrected chi connectivity index (χ3v) is 5.29. The predicted octanol–water partition coefficient (Wildman–Crippen LogP) is 4.00. The Kier molecular flexibility index (Phi) is 5.11. The average Bonchev–Trinajstić information content (AvgIpc) is 3.28. The highest BCUT2D eigenvalue weighted by atomic mass is 16.5. The molecule has 1 aliphatic rings. The van der Waals surface area contributed by atoms with Gasteiger partial charge in [-0.2, -0.15) is 5.10 Å². The summed E-state index contributed by atoms with van der Waals surface area (Å²) in [6.45, 7) is 4.72. The van der Waals surface area contributed by atoms with E-state index in [-0.39, 0.29) is 23.6 Å². The number of amides is 1. The molecular formula is C23H25N3O4. The number of phenolic OH excluding ortho intramolecular Hbond substituents is 1. The van der Waals surface area contributed by atoms with Crippen LogP contribution in [-0.2, 0) is 0 Å². The number of H-pyrrole nitrogens is 1. The zero-order valence-electron chi connectivity index (χ0n) is 17.5. The van der Waals surface area contributed by atoms with Gasteiger partial charge in [0.2, 0.25) is 5.75 Å². The molecule has 0 bridgehead atoms. The molecule has 1 unspecified atom stereocenters. The first kappa shape index (κ1) is 19.8. The fourth-order valence-electron chi connectivity index (χ4n) is 4.01. The molecule has 2 N–H and O–H groups in total. The quantitative estimate of drug-likeness (QED) is 0.645. The maximum atomic E-state index is 13.3. The van der Waals surface area contributed by atoms with Crippen LogP contribution >= 0.6 is 0 Å². The summed E-state index contributed by atoms with van der Waals surface area (Å²) >= 11 is 0. The molecule has 0 spiro atoms. The van der Waals surface area contributed by atoms with E-state index in [2.05, 4.69) is 24.0 Å². The molecule has 156 valence electrons. The highest BCUT2D eigenvalue weighted by Crippen LogP contribution is 2.47. The van der Waals surface area contributed by atoms with Gasteiger partial charge in [-0.1, -0.05) is 44.2 Å². The monoisotopic (exact) mass is 407 g/mol. The van der Waals surface area contributed by atoms with Crippen LogP contribution in [0.3, 0.4) is 0 Å². The number of benzene rings is 2. The Morgan fingerprint density at radius 1 is 1.13 bits per heavy atom. The van der Waals surface area contributed by atoms with Gasteiger partial charge in [0.15, 0.2) is 11.5 Å². The molecule has 2 heterocycles. The number of nitrogens with zero attached hydrogens (tertiary/aromatic N) is 2. The molecule has 0 fully saturated rings. The largest absolute Gasteiger partial charge is 0.502 e. The van der Waals surface area contributed by atoms with Crippen molar-refractivity contribution in [3.05, 3.63) is 59.3 Å².